The van der Waals surface area contributed by atoms with E-state index in [9.17, 15) is 29.1 Å². The zero-order chi connectivity index (χ0) is 56.8. The van der Waals surface area contributed by atoms with Gasteiger partial charge in [-0.05, 0) is 116 Å². The van der Waals surface area contributed by atoms with E-state index in [1.165, 1.54) is 4.90 Å². The maximum Gasteiger partial charge on any atom is 0.251 e. The highest BCUT2D eigenvalue weighted by Crippen LogP contribution is 2.41. The lowest BCUT2D eigenvalue weighted by Gasteiger charge is -2.39. The third-order valence-electron chi connectivity index (χ3n) is 14.1. The van der Waals surface area contributed by atoms with Gasteiger partial charge in [-0.3, -0.25) is 24.0 Å². The van der Waals surface area contributed by atoms with Crippen LogP contribution in [0, 0.1) is 12.3 Å². The monoisotopic (exact) mass is 1120 g/mol. The number of aliphatic hydroxyl groups excluding tert-OH is 1. The summed E-state index contributed by atoms with van der Waals surface area (Å²) in [5.74, 6) is -1.41. The Bertz CT molecular complexity index is 2840. The number of rotatable bonds is 25. The molecule has 3 heterocycles. The molecule has 1 fully saturated rings. The highest BCUT2D eigenvalue weighted by molar-refractivity contribution is 7.13. The summed E-state index contributed by atoms with van der Waals surface area (Å²) in [4.78, 5) is 77.7. The van der Waals surface area contributed by atoms with E-state index in [0.29, 0.717) is 56.7 Å². The Balaban J connectivity index is 0.758. The van der Waals surface area contributed by atoms with Crippen molar-refractivity contribution in [2.75, 3.05) is 76.2 Å². The van der Waals surface area contributed by atoms with Crippen LogP contribution in [-0.2, 0) is 44.7 Å². The fourth-order valence-corrected chi connectivity index (χ4v) is 10.9. The zero-order valence-corrected chi connectivity index (χ0v) is 48.2. The predicted octanol–water partition coefficient (Wildman–Crippen LogP) is 8.46. The number of nitrogens with zero attached hydrogens (tertiary/aromatic N) is 4. The summed E-state index contributed by atoms with van der Waals surface area (Å²) in [5, 5.41) is 20.8. The molecule has 5 atom stereocenters. The number of aryl methyl sites for hydroxylation is 1. The Morgan fingerprint density at radius 1 is 0.823 bits per heavy atom. The zero-order valence-electron chi connectivity index (χ0n) is 46.6. The maximum absolute atomic E-state index is 14.2. The second-order valence-corrected chi connectivity index (χ2v) is 22.8. The van der Waals surface area contributed by atoms with E-state index in [0.717, 1.165) is 56.2 Å². The summed E-state index contributed by atoms with van der Waals surface area (Å²) in [6, 6.07) is 27.1. The number of hydrogen-bond acceptors (Lipinski definition) is 13. The van der Waals surface area contributed by atoms with Crippen LogP contribution in [0.1, 0.15) is 94.5 Å². The lowest BCUT2D eigenvalue weighted by Crippen LogP contribution is -2.58. The number of benzene rings is 4. The van der Waals surface area contributed by atoms with Crippen LogP contribution in [0.4, 0.5) is 11.4 Å². The molecule has 2 aliphatic rings. The number of aromatic nitrogens is 1. The van der Waals surface area contributed by atoms with Crippen molar-refractivity contribution in [3.05, 3.63) is 124 Å². The van der Waals surface area contributed by atoms with Gasteiger partial charge in [0.05, 0.1) is 74.5 Å². The number of anilines is 2. The summed E-state index contributed by atoms with van der Waals surface area (Å²) >= 11 is 7.71. The molecule has 7 rings (SSSR count). The van der Waals surface area contributed by atoms with Crippen LogP contribution >= 0.6 is 22.9 Å². The second-order valence-electron chi connectivity index (χ2n) is 21.5. The predicted molar refractivity (Wildman–Crippen MR) is 308 cm³/mol. The Kier molecular flexibility index (Phi) is 21.6. The number of thiazole rings is 1. The molecule has 79 heavy (non-hydrogen) atoms. The van der Waals surface area contributed by atoms with E-state index >= 15 is 0 Å². The highest BCUT2D eigenvalue weighted by atomic mass is 35.5. The average molecular weight is 1120 g/mol. The Labute approximate surface area is 473 Å². The molecular weight excluding hydrogens is 1050 g/mol. The first-order valence-electron chi connectivity index (χ1n) is 27.0. The van der Waals surface area contributed by atoms with E-state index < -0.39 is 35.4 Å². The van der Waals surface area contributed by atoms with E-state index in [4.69, 9.17) is 30.5 Å². The number of fused-ring (bicyclic) bond motifs is 1. The van der Waals surface area contributed by atoms with Gasteiger partial charge >= 0.3 is 0 Å². The van der Waals surface area contributed by atoms with Crippen molar-refractivity contribution in [2.45, 2.75) is 111 Å². The molecule has 5 amide bonds. The minimum atomic E-state index is -0.985. The smallest absolute Gasteiger partial charge is 0.251 e. The third-order valence-corrected chi connectivity index (χ3v) is 15.3. The molecule has 1 saturated heterocycles. The Hall–Kier alpha value is -6.25. The lowest BCUT2D eigenvalue weighted by atomic mass is 9.85. The fraction of sp³-hybridized carbons (Fsp3) is 0.467. The van der Waals surface area contributed by atoms with Gasteiger partial charge in [-0.25, -0.2) is 4.98 Å². The molecule has 0 unspecified atom stereocenters. The van der Waals surface area contributed by atoms with Crippen molar-refractivity contribution in [2.24, 2.45) is 5.41 Å². The molecule has 4 aromatic carbocycles. The van der Waals surface area contributed by atoms with Gasteiger partial charge in [0.15, 0.2) is 0 Å². The van der Waals surface area contributed by atoms with E-state index in [1.54, 1.807) is 35.3 Å². The normalized spacial score (nSPS) is 17.6. The summed E-state index contributed by atoms with van der Waals surface area (Å²) in [6.07, 6.45) is -0.0605. The first kappa shape index (κ1) is 60.4. The molecule has 1 aromatic heterocycles. The molecule has 4 N–H and O–H groups in total. The van der Waals surface area contributed by atoms with Crippen molar-refractivity contribution < 1.29 is 48.0 Å². The van der Waals surface area contributed by atoms with Gasteiger partial charge in [-0.1, -0.05) is 74.8 Å². The first-order valence-corrected chi connectivity index (χ1v) is 28.3. The van der Waals surface area contributed by atoms with Crippen LogP contribution in [0.15, 0.2) is 96.5 Å². The highest BCUT2D eigenvalue weighted by Gasteiger charge is 2.46. The number of hydrogen-bond donors (Lipinski definition) is 4. The molecular formula is C60H76ClN7O10S. The average Bonchev–Trinajstić information content (AvgIpc) is 4.10. The molecule has 0 spiro atoms. The molecule has 0 bridgehead atoms. The molecule has 17 nitrogen and oxygen atoms in total. The lowest BCUT2D eigenvalue weighted by molar-refractivity contribution is -0.149. The van der Waals surface area contributed by atoms with Crippen LogP contribution < -0.4 is 20.9 Å². The Morgan fingerprint density at radius 3 is 2.05 bits per heavy atom. The number of ether oxygens (including phenoxy) is 4. The minimum Gasteiger partial charge on any atom is -0.391 e. The van der Waals surface area contributed by atoms with Gasteiger partial charge < -0.3 is 54.7 Å². The van der Waals surface area contributed by atoms with Gasteiger partial charge in [0.1, 0.15) is 18.7 Å². The van der Waals surface area contributed by atoms with Crippen molar-refractivity contribution in [3.63, 3.8) is 0 Å². The van der Waals surface area contributed by atoms with E-state index in [2.05, 4.69) is 33.9 Å². The summed E-state index contributed by atoms with van der Waals surface area (Å²) in [7, 11) is 0. The first-order chi connectivity index (χ1) is 37.8. The number of amides is 5. The molecule has 19 heteroatoms. The molecule has 0 aliphatic carbocycles. The van der Waals surface area contributed by atoms with Crippen LogP contribution in [-0.4, -0.2) is 146 Å². The number of carbonyl (C=O) groups is 5. The molecule has 0 saturated carbocycles. The van der Waals surface area contributed by atoms with E-state index in [-0.39, 0.29) is 68.6 Å². The quantitative estimate of drug-likeness (QED) is 0.0407. The van der Waals surface area contributed by atoms with Crippen molar-refractivity contribution >= 4 is 63.8 Å². The van der Waals surface area contributed by atoms with Crippen molar-refractivity contribution in [1.82, 2.24) is 25.4 Å². The number of likely N-dealkylation sites (tertiary alicyclic amines) is 1. The maximum atomic E-state index is 14.2. The van der Waals surface area contributed by atoms with Gasteiger partial charge in [-0.2, -0.15) is 0 Å². The second kappa shape index (κ2) is 28.3. The van der Waals surface area contributed by atoms with Crippen molar-refractivity contribution in [3.8, 4) is 21.6 Å². The third kappa shape index (κ3) is 16.4. The van der Waals surface area contributed by atoms with Gasteiger partial charge in [-0.15, -0.1) is 11.3 Å². The van der Waals surface area contributed by atoms with Gasteiger partial charge in [0.25, 0.3) is 5.91 Å². The molecule has 2 aliphatic heterocycles. The van der Waals surface area contributed by atoms with Crippen LogP contribution in [0.5, 0.6) is 0 Å². The summed E-state index contributed by atoms with van der Waals surface area (Å²) < 4.78 is 22.4. The van der Waals surface area contributed by atoms with Crippen LogP contribution in [0.2, 0.25) is 5.02 Å². The standard InChI is InChI=1S/C60H76ClN7O10S/c1-38(2)66(34-42-9-11-44(12-10-42)55-40(4)63-37-79-55)58(73)53-33-49(70)35-67(53)59(74)56(60(6,7)8)65-54(71)36-78-30-29-77-28-27-76-26-25-75-24-23-62-57(72)45-15-13-43(14-16-45)46-17-22-52-50(32-46)51(31-39(3)68(52)41(5)69)64-48-20-18-47(61)19-21-48/h9-22,32,37-39,49,51,53,56,64,70H,23-31,33-36H2,1-8H3,(H,62,72)(H,65,71)/t39-,49+,51+,53-,56+/m0/s1. The number of halogens is 1. The number of nitrogens with one attached hydrogen (secondary N) is 3. The number of carbonyl (C=O) groups excluding carboxylic acids is 5. The van der Waals surface area contributed by atoms with Crippen LogP contribution in [0.25, 0.3) is 21.6 Å². The SMILES string of the molecule is CC(=O)N1c2ccc(-c3ccc(C(=O)NCCOCCOCCOCCOCC(=O)N[C@H](C(=O)N4C[C@H](O)C[C@H]4C(=O)N(Cc4ccc(-c5scnc5C)cc4)C(C)C)C(C)(C)C)cc3)cc2[C@H](Nc2ccc(Cl)cc2)C[C@@H]1C. The fourth-order valence-electron chi connectivity index (χ4n) is 9.94. The van der Waals surface area contributed by atoms with Crippen LogP contribution in [0.3, 0.4) is 0 Å². The molecule has 0 radical (unpaired) electrons. The number of β-amino-alcohol motifs (C(OH)–C–C–N with tert-alkyl or cyclic N) is 1. The van der Waals surface area contributed by atoms with Gasteiger partial charge in [0.2, 0.25) is 23.6 Å². The summed E-state index contributed by atoms with van der Waals surface area (Å²) in [5.41, 5.74) is 9.33. The summed E-state index contributed by atoms with van der Waals surface area (Å²) in [6.45, 7) is 17.3. The molecule has 424 valence electrons. The van der Waals surface area contributed by atoms with E-state index in [1.807, 2.05) is 125 Å². The van der Waals surface area contributed by atoms with Gasteiger partial charge in [0, 0.05) is 67.0 Å². The molecule has 5 aromatic rings. The minimum absolute atomic E-state index is 0.00615. The van der Waals surface area contributed by atoms with Crippen molar-refractivity contribution in [1.29, 1.82) is 0 Å². The topological polar surface area (TPSA) is 201 Å². The Morgan fingerprint density at radius 2 is 1.44 bits per heavy atom. The number of aliphatic hydroxyl groups is 1. The largest absolute Gasteiger partial charge is 0.391 e.